The second-order valence-corrected chi connectivity index (χ2v) is 4.57. The van der Waals surface area contributed by atoms with Crippen molar-refractivity contribution in [2.75, 3.05) is 13.1 Å². The summed E-state index contributed by atoms with van der Waals surface area (Å²) in [5.74, 6) is 0.103. The molecule has 2 heterocycles. The number of amides is 1. The van der Waals surface area contributed by atoms with E-state index in [0.717, 1.165) is 30.8 Å². The van der Waals surface area contributed by atoms with Crippen LogP contribution in [0.15, 0.2) is 12.1 Å². The molecule has 1 aromatic heterocycles. The van der Waals surface area contributed by atoms with Gasteiger partial charge in [-0.3, -0.25) is 4.79 Å². The third-order valence-corrected chi connectivity index (χ3v) is 3.34. The molecule has 88 valence electrons. The zero-order valence-corrected chi connectivity index (χ0v) is 9.94. The van der Waals surface area contributed by atoms with Gasteiger partial charge >= 0.3 is 0 Å². The van der Waals surface area contributed by atoms with Crippen molar-refractivity contribution in [3.8, 4) is 0 Å². The Kier molecular flexibility index (Phi) is 3.01. The van der Waals surface area contributed by atoms with E-state index >= 15 is 0 Å². The molecule has 0 radical (unpaired) electrons. The molecule has 0 aliphatic carbocycles. The molecule has 1 saturated heterocycles. The smallest absolute Gasteiger partial charge is 0.270 e. The van der Waals surface area contributed by atoms with Crippen molar-refractivity contribution in [1.82, 2.24) is 9.47 Å². The van der Waals surface area contributed by atoms with Crippen LogP contribution in [-0.2, 0) is 7.05 Å². The first-order valence-electron chi connectivity index (χ1n) is 5.77. The number of carbonyl (C=O) groups excluding carboxylic acids is 1. The van der Waals surface area contributed by atoms with E-state index in [4.69, 9.17) is 5.73 Å². The Morgan fingerprint density at radius 1 is 1.50 bits per heavy atom. The Morgan fingerprint density at radius 2 is 2.25 bits per heavy atom. The standard InChI is InChI=1S/C12H19N3O/c1-9-5-6-11(14(9)2)12(16)15-7-3-4-10(13)8-15/h5-6,10H,3-4,7-8,13H2,1-2H3/t10-/m1/s1. The lowest BCUT2D eigenvalue weighted by molar-refractivity contribution is 0.0699. The van der Waals surface area contributed by atoms with E-state index in [0.29, 0.717) is 6.54 Å². The van der Waals surface area contributed by atoms with Gasteiger partial charge in [0.15, 0.2) is 0 Å². The minimum atomic E-state index is 0.103. The number of aryl methyl sites for hydroxylation is 1. The number of piperidine rings is 1. The van der Waals surface area contributed by atoms with Crippen molar-refractivity contribution in [2.24, 2.45) is 12.8 Å². The van der Waals surface area contributed by atoms with Crippen LogP contribution in [0.1, 0.15) is 29.0 Å². The van der Waals surface area contributed by atoms with Crippen LogP contribution in [0.5, 0.6) is 0 Å². The van der Waals surface area contributed by atoms with Gasteiger partial charge in [-0.25, -0.2) is 0 Å². The Morgan fingerprint density at radius 3 is 2.81 bits per heavy atom. The van der Waals surface area contributed by atoms with Crippen LogP contribution in [-0.4, -0.2) is 34.5 Å². The fourth-order valence-electron chi connectivity index (χ4n) is 2.18. The lowest BCUT2D eigenvalue weighted by Crippen LogP contribution is -2.46. The summed E-state index contributed by atoms with van der Waals surface area (Å²) in [6.45, 7) is 3.51. The Balaban J connectivity index is 2.15. The third kappa shape index (κ3) is 1.97. The lowest BCUT2D eigenvalue weighted by Gasteiger charge is -2.30. The molecule has 1 aliphatic heterocycles. The van der Waals surface area contributed by atoms with Crippen molar-refractivity contribution in [1.29, 1.82) is 0 Å². The molecule has 0 spiro atoms. The maximum absolute atomic E-state index is 12.2. The predicted octanol–water partition coefficient (Wildman–Crippen LogP) is 0.897. The van der Waals surface area contributed by atoms with E-state index in [1.54, 1.807) is 0 Å². The van der Waals surface area contributed by atoms with Crippen LogP contribution in [0.3, 0.4) is 0 Å². The first-order chi connectivity index (χ1) is 7.59. The highest BCUT2D eigenvalue weighted by Gasteiger charge is 2.23. The Hall–Kier alpha value is -1.29. The first-order valence-corrected chi connectivity index (χ1v) is 5.77. The van der Waals surface area contributed by atoms with E-state index in [-0.39, 0.29) is 11.9 Å². The number of hydrogen-bond acceptors (Lipinski definition) is 2. The van der Waals surface area contributed by atoms with Crippen LogP contribution in [0.2, 0.25) is 0 Å². The van der Waals surface area contributed by atoms with Gasteiger partial charge in [0.25, 0.3) is 5.91 Å². The van der Waals surface area contributed by atoms with E-state index < -0.39 is 0 Å². The number of hydrogen-bond donors (Lipinski definition) is 1. The van der Waals surface area contributed by atoms with Gasteiger partial charge < -0.3 is 15.2 Å². The molecule has 2 N–H and O–H groups in total. The van der Waals surface area contributed by atoms with Crippen LogP contribution in [0.25, 0.3) is 0 Å². The number of aromatic nitrogens is 1. The molecular weight excluding hydrogens is 202 g/mol. The first kappa shape index (κ1) is 11.2. The van der Waals surface area contributed by atoms with E-state index in [1.165, 1.54) is 0 Å². The molecule has 4 nitrogen and oxygen atoms in total. The van der Waals surface area contributed by atoms with Gasteiger partial charge in [-0.2, -0.15) is 0 Å². The summed E-state index contributed by atoms with van der Waals surface area (Å²) in [5.41, 5.74) is 7.74. The SMILES string of the molecule is Cc1ccc(C(=O)N2CCC[C@@H](N)C2)n1C. The molecular formula is C12H19N3O. The molecule has 4 heteroatoms. The maximum Gasteiger partial charge on any atom is 0.270 e. The molecule has 0 aromatic carbocycles. The van der Waals surface area contributed by atoms with Gasteiger partial charge in [0.1, 0.15) is 5.69 Å². The van der Waals surface area contributed by atoms with Crippen LogP contribution in [0.4, 0.5) is 0 Å². The number of likely N-dealkylation sites (tertiary alicyclic amines) is 1. The Labute approximate surface area is 96.0 Å². The van der Waals surface area contributed by atoms with E-state index in [2.05, 4.69) is 0 Å². The second kappa shape index (κ2) is 4.29. The van der Waals surface area contributed by atoms with Crippen LogP contribution >= 0.6 is 0 Å². The van der Waals surface area contributed by atoms with Crippen molar-refractivity contribution < 1.29 is 4.79 Å². The summed E-state index contributed by atoms with van der Waals surface area (Å²) in [6.07, 6.45) is 2.03. The number of carbonyl (C=O) groups is 1. The molecule has 1 fully saturated rings. The molecule has 0 saturated carbocycles. The molecule has 1 amide bonds. The highest BCUT2D eigenvalue weighted by Crippen LogP contribution is 2.14. The Bertz CT molecular complexity index is 397. The van der Waals surface area contributed by atoms with Gasteiger partial charge in [-0.05, 0) is 31.9 Å². The fourth-order valence-corrected chi connectivity index (χ4v) is 2.18. The highest BCUT2D eigenvalue weighted by atomic mass is 16.2. The number of rotatable bonds is 1. The van der Waals surface area contributed by atoms with Gasteiger partial charge in [0.2, 0.25) is 0 Å². The highest BCUT2D eigenvalue weighted by molar-refractivity contribution is 5.93. The summed E-state index contributed by atoms with van der Waals surface area (Å²) < 4.78 is 1.93. The largest absolute Gasteiger partial charge is 0.344 e. The van der Waals surface area contributed by atoms with Crippen LogP contribution in [0, 0.1) is 6.92 Å². The summed E-state index contributed by atoms with van der Waals surface area (Å²) in [6, 6.07) is 3.99. The zero-order chi connectivity index (χ0) is 11.7. The average molecular weight is 221 g/mol. The van der Waals surface area contributed by atoms with Crippen molar-refractivity contribution in [3.05, 3.63) is 23.5 Å². The molecule has 1 aliphatic rings. The average Bonchev–Trinajstić information content (AvgIpc) is 2.59. The second-order valence-electron chi connectivity index (χ2n) is 4.57. The topological polar surface area (TPSA) is 51.3 Å². The number of nitrogens with zero attached hydrogens (tertiary/aromatic N) is 2. The van der Waals surface area contributed by atoms with Gasteiger partial charge in [-0.1, -0.05) is 0 Å². The van der Waals surface area contributed by atoms with Crippen molar-refractivity contribution in [2.45, 2.75) is 25.8 Å². The fraction of sp³-hybridized carbons (Fsp3) is 0.583. The van der Waals surface area contributed by atoms with Gasteiger partial charge in [0.05, 0.1) is 0 Å². The monoisotopic (exact) mass is 221 g/mol. The normalized spacial score (nSPS) is 21.2. The zero-order valence-electron chi connectivity index (χ0n) is 9.94. The van der Waals surface area contributed by atoms with E-state index in [9.17, 15) is 4.79 Å². The van der Waals surface area contributed by atoms with Crippen molar-refractivity contribution >= 4 is 5.91 Å². The van der Waals surface area contributed by atoms with Gasteiger partial charge in [0, 0.05) is 31.9 Å². The molecule has 1 atom stereocenters. The quantitative estimate of drug-likeness (QED) is 0.766. The van der Waals surface area contributed by atoms with Crippen LogP contribution < -0.4 is 5.73 Å². The predicted molar refractivity (Wildman–Crippen MR) is 63.3 cm³/mol. The summed E-state index contributed by atoms with van der Waals surface area (Å²) in [7, 11) is 1.92. The molecule has 16 heavy (non-hydrogen) atoms. The molecule has 0 bridgehead atoms. The molecule has 1 aromatic rings. The summed E-state index contributed by atoms with van der Waals surface area (Å²) >= 11 is 0. The minimum absolute atomic E-state index is 0.103. The minimum Gasteiger partial charge on any atom is -0.344 e. The number of nitrogens with two attached hydrogens (primary N) is 1. The lowest BCUT2D eigenvalue weighted by atomic mass is 10.1. The molecule has 2 rings (SSSR count). The molecule has 0 unspecified atom stereocenters. The third-order valence-electron chi connectivity index (χ3n) is 3.34. The summed E-state index contributed by atoms with van der Waals surface area (Å²) in [4.78, 5) is 14.1. The van der Waals surface area contributed by atoms with Gasteiger partial charge in [-0.15, -0.1) is 0 Å². The van der Waals surface area contributed by atoms with Crippen molar-refractivity contribution in [3.63, 3.8) is 0 Å². The summed E-state index contributed by atoms with van der Waals surface area (Å²) in [5, 5.41) is 0. The maximum atomic E-state index is 12.2. The van der Waals surface area contributed by atoms with E-state index in [1.807, 2.05) is 35.6 Å².